The molecular weight excluding hydrogens is 310 g/mol. The van der Waals surface area contributed by atoms with Crippen LogP contribution in [0.3, 0.4) is 0 Å². The van der Waals surface area contributed by atoms with Crippen LogP contribution in [0.25, 0.3) is 0 Å². The molecule has 0 aromatic carbocycles. The van der Waals surface area contributed by atoms with Gasteiger partial charge in [-0.25, -0.2) is 5.06 Å². The van der Waals surface area contributed by atoms with Crippen molar-refractivity contribution >= 4 is 18.6 Å². The molecule has 0 aromatic heterocycles. The third-order valence-electron chi connectivity index (χ3n) is 4.26. The highest BCUT2D eigenvalue weighted by molar-refractivity contribution is 5.84. The first-order chi connectivity index (χ1) is 11.0. The molecule has 0 aliphatic heterocycles. The standard InChI is InChI=1S/C17H33N3O4/c1-7-8-9-14(10-20(24)13-22)15(23)18-17(12-21,11-19(5)6)16(2,3)4/h12-14,24H,7-11H2,1-6H3,(H,18,23)/t14-,17+/m1/s1. The Morgan fingerprint density at radius 3 is 2.21 bits per heavy atom. The van der Waals surface area contributed by atoms with Crippen LogP contribution in [0.5, 0.6) is 0 Å². The Balaban J connectivity index is 5.42. The number of hydrogen-bond donors (Lipinski definition) is 2. The number of rotatable bonds is 11. The molecule has 0 aliphatic rings. The summed E-state index contributed by atoms with van der Waals surface area (Å²) in [5.74, 6) is -0.891. The van der Waals surface area contributed by atoms with Crippen LogP contribution < -0.4 is 5.32 Å². The van der Waals surface area contributed by atoms with Crippen LogP contribution in [0, 0.1) is 11.3 Å². The van der Waals surface area contributed by atoms with Crippen LogP contribution in [0.2, 0.25) is 0 Å². The third-order valence-corrected chi connectivity index (χ3v) is 4.26. The zero-order chi connectivity index (χ0) is 19.0. The van der Waals surface area contributed by atoms with Crippen LogP contribution >= 0.6 is 0 Å². The lowest BCUT2D eigenvalue weighted by atomic mass is 9.73. The quantitative estimate of drug-likeness (QED) is 0.335. The lowest BCUT2D eigenvalue weighted by Crippen LogP contribution is -2.64. The minimum atomic E-state index is -1.06. The van der Waals surface area contributed by atoms with Gasteiger partial charge >= 0.3 is 0 Å². The van der Waals surface area contributed by atoms with Gasteiger partial charge in [0.1, 0.15) is 11.8 Å². The van der Waals surface area contributed by atoms with E-state index in [0.717, 1.165) is 19.1 Å². The van der Waals surface area contributed by atoms with Crippen molar-refractivity contribution in [1.82, 2.24) is 15.3 Å². The molecule has 0 bridgehead atoms. The second-order valence-corrected chi connectivity index (χ2v) is 7.63. The minimum absolute atomic E-state index is 0.0869. The Bertz CT molecular complexity index is 421. The van der Waals surface area contributed by atoms with Crippen molar-refractivity contribution in [1.29, 1.82) is 0 Å². The molecule has 7 heteroatoms. The molecule has 140 valence electrons. The zero-order valence-electron chi connectivity index (χ0n) is 15.8. The first-order valence-electron chi connectivity index (χ1n) is 8.37. The maximum Gasteiger partial charge on any atom is 0.233 e. The van der Waals surface area contributed by atoms with Crippen molar-refractivity contribution in [2.75, 3.05) is 27.2 Å². The monoisotopic (exact) mass is 343 g/mol. The van der Waals surface area contributed by atoms with Crippen molar-refractivity contribution in [3.63, 3.8) is 0 Å². The molecule has 0 heterocycles. The maximum absolute atomic E-state index is 12.8. The van der Waals surface area contributed by atoms with Crippen molar-refractivity contribution in [2.45, 2.75) is 52.5 Å². The summed E-state index contributed by atoms with van der Waals surface area (Å²) in [5, 5.41) is 12.8. The highest BCUT2D eigenvalue weighted by atomic mass is 16.5. The normalized spacial score (nSPS) is 15.5. The largest absolute Gasteiger partial charge is 0.342 e. The second-order valence-electron chi connectivity index (χ2n) is 7.63. The van der Waals surface area contributed by atoms with Gasteiger partial charge in [-0.15, -0.1) is 0 Å². The van der Waals surface area contributed by atoms with E-state index in [1.165, 1.54) is 0 Å². The summed E-state index contributed by atoms with van der Waals surface area (Å²) in [6.45, 7) is 7.98. The molecule has 2 N–H and O–H groups in total. The van der Waals surface area contributed by atoms with Gasteiger partial charge in [0.15, 0.2) is 0 Å². The van der Waals surface area contributed by atoms with Crippen molar-refractivity contribution in [3.8, 4) is 0 Å². The molecule has 0 aromatic rings. The van der Waals surface area contributed by atoms with E-state index in [-0.39, 0.29) is 18.9 Å². The number of nitrogens with one attached hydrogen (secondary N) is 1. The molecular formula is C17H33N3O4. The number of aldehydes is 1. The minimum Gasteiger partial charge on any atom is -0.342 e. The van der Waals surface area contributed by atoms with E-state index in [1.807, 2.05) is 46.7 Å². The van der Waals surface area contributed by atoms with Gasteiger partial charge in [-0.1, -0.05) is 40.5 Å². The molecule has 24 heavy (non-hydrogen) atoms. The summed E-state index contributed by atoms with van der Waals surface area (Å²) in [5.41, 5.74) is -1.55. The molecule has 0 radical (unpaired) electrons. The molecule has 0 saturated carbocycles. The predicted molar refractivity (Wildman–Crippen MR) is 92.5 cm³/mol. The second kappa shape index (κ2) is 9.74. The van der Waals surface area contributed by atoms with Crippen molar-refractivity contribution in [3.05, 3.63) is 0 Å². The summed E-state index contributed by atoms with van der Waals surface area (Å²) in [6.07, 6.45) is 3.30. The Kier molecular flexibility index (Phi) is 9.14. The predicted octanol–water partition coefficient (Wildman–Crippen LogP) is 1.30. The van der Waals surface area contributed by atoms with Crippen LogP contribution in [-0.4, -0.2) is 66.5 Å². The molecule has 2 amide bonds. The van der Waals surface area contributed by atoms with E-state index in [1.54, 1.807) is 0 Å². The average Bonchev–Trinajstić information content (AvgIpc) is 2.48. The summed E-state index contributed by atoms with van der Waals surface area (Å²) in [4.78, 5) is 37.2. The lowest BCUT2D eigenvalue weighted by Gasteiger charge is -2.43. The molecule has 0 spiro atoms. The number of amides is 2. The van der Waals surface area contributed by atoms with Gasteiger partial charge in [-0.2, -0.15) is 0 Å². The number of hydroxylamine groups is 2. The molecule has 7 nitrogen and oxygen atoms in total. The van der Waals surface area contributed by atoms with E-state index in [9.17, 15) is 19.6 Å². The SMILES string of the molecule is CCCC[C@H](CN(O)C=O)C(=O)N[C@](C=O)(CN(C)C)C(C)(C)C. The fraction of sp³-hybridized carbons (Fsp3) is 0.824. The van der Waals surface area contributed by atoms with E-state index in [0.29, 0.717) is 18.0 Å². The smallest absolute Gasteiger partial charge is 0.233 e. The van der Waals surface area contributed by atoms with E-state index < -0.39 is 16.9 Å². The number of unbranched alkanes of at least 4 members (excludes halogenated alkanes) is 1. The van der Waals surface area contributed by atoms with Crippen molar-refractivity contribution < 1.29 is 19.6 Å². The molecule has 0 aliphatic carbocycles. The Morgan fingerprint density at radius 1 is 1.25 bits per heavy atom. The van der Waals surface area contributed by atoms with Crippen LogP contribution in [0.1, 0.15) is 47.0 Å². The van der Waals surface area contributed by atoms with Gasteiger partial charge < -0.3 is 15.0 Å². The van der Waals surface area contributed by atoms with Crippen LogP contribution in [0.15, 0.2) is 0 Å². The fourth-order valence-corrected chi connectivity index (χ4v) is 2.55. The Morgan fingerprint density at radius 2 is 1.83 bits per heavy atom. The summed E-state index contributed by atoms with van der Waals surface area (Å²) < 4.78 is 0. The summed E-state index contributed by atoms with van der Waals surface area (Å²) >= 11 is 0. The van der Waals surface area contributed by atoms with Gasteiger partial charge in [-0.3, -0.25) is 14.8 Å². The summed E-state index contributed by atoms with van der Waals surface area (Å²) in [7, 11) is 3.68. The highest BCUT2D eigenvalue weighted by Gasteiger charge is 2.44. The van der Waals surface area contributed by atoms with Crippen LogP contribution in [-0.2, 0) is 14.4 Å². The number of carbonyl (C=O) groups is 3. The topological polar surface area (TPSA) is 90.0 Å². The number of carbonyl (C=O) groups excluding carboxylic acids is 3. The fourth-order valence-electron chi connectivity index (χ4n) is 2.55. The first-order valence-corrected chi connectivity index (χ1v) is 8.37. The van der Waals surface area contributed by atoms with E-state index >= 15 is 0 Å². The van der Waals surface area contributed by atoms with Gasteiger partial charge in [0, 0.05) is 6.54 Å². The third kappa shape index (κ3) is 6.57. The first kappa shape index (κ1) is 22.5. The van der Waals surface area contributed by atoms with E-state index in [2.05, 4.69) is 5.32 Å². The molecule has 2 atom stereocenters. The van der Waals surface area contributed by atoms with Gasteiger partial charge in [0.2, 0.25) is 12.3 Å². The molecule has 0 fully saturated rings. The number of likely N-dealkylation sites (N-methyl/N-ethyl adjacent to an activating group) is 1. The van der Waals surface area contributed by atoms with Gasteiger partial charge in [0.05, 0.1) is 12.5 Å². The Labute approximate surface area is 145 Å². The number of nitrogens with zero attached hydrogens (tertiary/aromatic N) is 2. The molecule has 0 unspecified atom stereocenters. The summed E-state index contributed by atoms with van der Waals surface area (Å²) in [6, 6.07) is 0. The number of hydrogen-bond acceptors (Lipinski definition) is 5. The van der Waals surface area contributed by atoms with E-state index in [4.69, 9.17) is 0 Å². The average molecular weight is 343 g/mol. The van der Waals surface area contributed by atoms with Crippen LogP contribution in [0.4, 0.5) is 0 Å². The lowest BCUT2D eigenvalue weighted by molar-refractivity contribution is -0.155. The molecule has 0 rings (SSSR count). The maximum atomic E-state index is 12.8. The van der Waals surface area contributed by atoms with Gasteiger partial charge in [-0.05, 0) is 25.9 Å². The zero-order valence-corrected chi connectivity index (χ0v) is 15.8. The molecule has 0 saturated heterocycles. The van der Waals surface area contributed by atoms with Gasteiger partial charge in [0.25, 0.3) is 0 Å². The highest BCUT2D eigenvalue weighted by Crippen LogP contribution is 2.30. The Hall–Kier alpha value is -1.47. The van der Waals surface area contributed by atoms with Crippen molar-refractivity contribution in [2.24, 2.45) is 11.3 Å².